The third kappa shape index (κ3) is 2.83. The largest absolute Gasteiger partial charge is 0.371 e. The van der Waals surface area contributed by atoms with Gasteiger partial charge in [-0.05, 0) is 38.1 Å². The third-order valence-corrected chi connectivity index (χ3v) is 4.75. The molecule has 98 valence electrons. The van der Waals surface area contributed by atoms with Gasteiger partial charge >= 0.3 is 0 Å². The summed E-state index contributed by atoms with van der Waals surface area (Å²) < 4.78 is 6.10. The maximum atomic E-state index is 6.10. The van der Waals surface area contributed by atoms with Gasteiger partial charge in [0.1, 0.15) is 0 Å². The molecule has 1 saturated carbocycles. The van der Waals surface area contributed by atoms with E-state index in [-0.39, 0.29) is 5.60 Å². The molecule has 3 nitrogen and oxygen atoms in total. The summed E-state index contributed by atoms with van der Waals surface area (Å²) in [7, 11) is 0. The second-order valence-corrected chi connectivity index (χ2v) is 6.20. The molecule has 0 unspecified atom stereocenters. The predicted octanol–water partition coefficient (Wildman–Crippen LogP) is 1.63. The summed E-state index contributed by atoms with van der Waals surface area (Å²) >= 11 is 0. The van der Waals surface area contributed by atoms with Gasteiger partial charge in [0.25, 0.3) is 0 Å². The molecule has 3 fully saturated rings. The molecule has 1 aliphatic carbocycles. The van der Waals surface area contributed by atoms with E-state index in [4.69, 9.17) is 4.74 Å². The van der Waals surface area contributed by atoms with Crippen molar-refractivity contribution in [3.63, 3.8) is 0 Å². The van der Waals surface area contributed by atoms with Crippen LogP contribution in [0.3, 0.4) is 0 Å². The van der Waals surface area contributed by atoms with E-state index in [1.807, 2.05) is 0 Å². The first-order chi connectivity index (χ1) is 8.36. The number of hydrogen-bond acceptors (Lipinski definition) is 3. The lowest BCUT2D eigenvalue weighted by Gasteiger charge is -2.45. The van der Waals surface area contributed by atoms with E-state index in [0.29, 0.717) is 0 Å². The van der Waals surface area contributed by atoms with Crippen molar-refractivity contribution < 1.29 is 4.74 Å². The first-order valence-corrected chi connectivity index (χ1v) is 7.43. The minimum atomic E-state index is 0.148. The van der Waals surface area contributed by atoms with Gasteiger partial charge in [-0.25, -0.2) is 0 Å². The van der Waals surface area contributed by atoms with Crippen LogP contribution in [0.4, 0.5) is 0 Å². The van der Waals surface area contributed by atoms with Crippen LogP contribution in [0, 0.1) is 5.92 Å². The minimum absolute atomic E-state index is 0.148. The summed E-state index contributed by atoms with van der Waals surface area (Å²) in [6.45, 7) is 6.82. The molecule has 0 amide bonds. The van der Waals surface area contributed by atoms with Crippen molar-refractivity contribution in [1.82, 2.24) is 10.2 Å². The molecular formula is C14H26N2O. The van der Waals surface area contributed by atoms with Gasteiger partial charge in [0.2, 0.25) is 0 Å². The van der Waals surface area contributed by atoms with Gasteiger partial charge in [0.05, 0.1) is 12.2 Å². The monoisotopic (exact) mass is 238 g/mol. The molecule has 0 aromatic carbocycles. The molecule has 3 heteroatoms. The van der Waals surface area contributed by atoms with Crippen LogP contribution < -0.4 is 5.32 Å². The van der Waals surface area contributed by atoms with Crippen LogP contribution in [-0.4, -0.2) is 49.8 Å². The topological polar surface area (TPSA) is 24.5 Å². The molecule has 1 spiro atoms. The zero-order valence-corrected chi connectivity index (χ0v) is 10.9. The summed E-state index contributed by atoms with van der Waals surface area (Å²) in [5.74, 6) is 0.974. The first-order valence-electron chi connectivity index (χ1n) is 7.43. The molecule has 3 aliphatic rings. The Labute approximate surface area is 105 Å². The van der Waals surface area contributed by atoms with Crippen LogP contribution in [-0.2, 0) is 4.74 Å². The molecule has 3 rings (SSSR count). The van der Waals surface area contributed by atoms with Crippen molar-refractivity contribution in [2.45, 2.75) is 44.1 Å². The summed E-state index contributed by atoms with van der Waals surface area (Å²) in [6, 6.07) is 0. The quantitative estimate of drug-likeness (QED) is 0.791. The molecule has 1 atom stereocenters. The van der Waals surface area contributed by atoms with Gasteiger partial charge in [0, 0.05) is 26.2 Å². The van der Waals surface area contributed by atoms with E-state index in [1.165, 1.54) is 51.6 Å². The number of piperidine rings is 1. The Kier molecular flexibility index (Phi) is 3.69. The number of rotatable bonds is 2. The lowest BCUT2D eigenvalue weighted by Crippen LogP contribution is -2.59. The average molecular weight is 238 g/mol. The maximum absolute atomic E-state index is 6.10. The highest BCUT2D eigenvalue weighted by molar-refractivity contribution is 4.93. The number of morpholine rings is 1. The fraction of sp³-hybridized carbons (Fsp3) is 1.00. The van der Waals surface area contributed by atoms with Gasteiger partial charge in [-0.15, -0.1) is 0 Å². The maximum Gasteiger partial charge on any atom is 0.0933 e. The Balaban J connectivity index is 1.55. The fourth-order valence-electron chi connectivity index (χ4n) is 3.84. The SMILES string of the molecule is C1CCC(CN2CCO[C@@]3(CCCNC3)C2)C1. The van der Waals surface area contributed by atoms with Crippen molar-refractivity contribution in [3.8, 4) is 0 Å². The number of hydrogen-bond donors (Lipinski definition) is 1. The zero-order chi connectivity index (χ0) is 11.6. The van der Waals surface area contributed by atoms with Crippen molar-refractivity contribution in [2.24, 2.45) is 5.92 Å². The minimum Gasteiger partial charge on any atom is -0.371 e. The average Bonchev–Trinajstić information content (AvgIpc) is 2.83. The summed E-state index contributed by atoms with van der Waals surface area (Å²) in [5.41, 5.74) is 0.148. The van der Waals surface area contributed by atoms with Crippen LogP contribution in [0.25, 0.3) is 0 Å². The normalized spacial score (nSPS) is 36.7. The second-order valence-electron chi connectivity index (χ2n) is 6.20. The van der Waals surface area contributed by atoms with E-state index < -0.39 is 0 Å². The standard InChI is InChI=1S/C14H26N2O/c1-2-5-13(4-1)10-16-8-9-17-14(12-16)6-3-7-15-11-14/h13,15H,1-12H2/t14-/m1/s1. The van der Waals surface area contributed by atoms with E-state index in [1.54, 1.807) is 0 Å². The Bertz CT molecular complexity index is 239. The van der Waals surface area contributed by atoms with Crippen molar-refractivity contribution >= 4 is 0 Å². The summed E-state index contributed by atoms with van der Waals surface area (Å²) in [6.07, 6.45) is 8.37. The van der Waals surface area contributed by atoms with Crippen molar-refractivity contribution in [2.75, 3.05) is 39.3 Å². The molecule has 17 heavy (non-hydrogen) atoms. The molecule has 1 N–H and O–H groups in total. The van der Waals surface area contributed by atoms with E-state index in [2.05, 4.69) is 10.2 Å². The summed E-state index contributed by atoms with van der Waals surface area (Å²) in [4.78, 5) is 2.67. The molecule has 2 saturated heterocycles. The van der Waals surface area contributed by atoms with Gasteiger partial charge in [-0.3, -0.25) is 4.90 Å². The van der Waals surface area contributed by atoms with Gasteiger partial charge < -0.3 is 10.1 Å². The van der Waals surface area contributed by atoms with Crippen LogP contribution >= 0.6 is 0 Å². The first kappa shape index (κ1) is 11.9. The highest BCUT2D eigenvalue weighted by atomic mass is 16.5. The van der Waals surface area contributed by atoms with E-state index >= 15 is 0 Å². The fourth-order valence-corrected chi connectivity index (χ4v) is 3.84. The van der Waals surface area contributed by atoms with Crippen LogP contribution in [0.15, 0.2) is 0 Å². The number of ether oxygens (including phenoxy) is 1. The molecule has 0 aromatic rings. The molecule has 0 radical (unpaired) electrons. The van der Waals surface area contributed by atoms with E-state index in [9.17, 15) is 0 Å². The molecule has 2 heterocycles. The number of nitrogens with one attached hydrogen (secondary N) is 1. The second kappa shape index (κ2) is 5.25. The van der Waals surface area contributed by atoms with Crippen molar-refractivity contribution in [3.05, 3.63) is 0 Å². The van der Waals surface area contributed by atoms with Gasteiger partial charge in [0.15, 0.2) is 0 Å². The lowest BCUT2D eigenvalue weighted by atomic mass is 9.91. The molecule has 2 aliphatic heterocycles. The smallest absolute Gasteiger partial charge is 0.0933 e. The van der Waals surface area contributed by atoms with Crippen LogP contribution in [0.1, 0.15) is 38.5 Å². The zero-order valence-electron chi connectivity index (χ0n) is 10.9. The third-order valence-electron chi connectivity index (χ3n) is 4.75. The highest BCUT2D eigenvalue weighted by Crippen LogP contribution is 2.29. The number of nitrogens with zero attached hydrogens (tertiary/aromatic N) is 1. The Morgan fingerprint density at radius 2 is 2.12 bits per heavy atom. The molecular weight excluding hydrogens is 212 g/mol. The van der Waals surface area contributed by atoms with Gasteiger partial charge in [-0.2, -0.15) is 0 Å². The molecule has 0 aromatic heterocycles. The molecule has 0 bridgehead atoms. The Morgan fingerprint density at radius 1 is 1.24 bits per heavy atom. The summed E-state index contributed by atoms with van der Waals surface area (Å²) in [5, 5.41) is 3.51. The van der Waals surface area contributed by atoms with E-state index in [0.717, 1.165) is 32.2 Å². The Hall–Kier alpha value is -0.120. The van der Waals surface area contributed by atoms with Crippen LogP contribution in [0.5, 0.6) is 0 Å². The van der Waals surface area contributed by atoms with Gasteiger partial charge in [-0.1, -0.05) is 12.8 Å². The predicted molar refractivity (Wildman–Crippen MR) is 69.2 cm³/mol. The van der Waals surface area contributed by atoms with Crippen LogP contribution in [0.2, 0.25) is 0 Å². The van der Waals surface area contributed by atoms with Crippen molar-refractivity contribution in [1.29, 1.82) is 0 Å². The highest BCUT2D eigenvalue weighted by Gasteiger charge is 2.38. The Morgan fingerprint density at radius 3 is 2.88 bits per heavy atom. The lowest BCUT2D eigenvalue weighted by molar-refractivity contribution is -0.121.